The van der Waals surface area contributed by atoms with Gasteiger partial charge in [0.25, 0.3) is 0 Å². The second-order valence-electron chi connectivity index (χ2n) is 12.6. The van der Waals surface area contributed by atoms with Crippen molar-refractivity contribution in [2.75, 3.05) is 6.54 Å². The van der Waals surface area contributed by atoms with Gasteiger partial charge in [-0.25, -0.2) is 8.78 Å². The van der Waals surface area contributed by atoms with E-state index in [1.165, 1.54) is 33.7 Å². The Hall–Kier alpha value is -1.87. The number of amides is 1. The van der Waals surface area contributed by atoms with Gasteiger partial charge in [-0.2, -0.15) is 0 Å². The van der Waals surface area contributed by atoms with Crippen LogP contribution in [0.2, 0.25) is 0 Å². The summed E-state index contributed by atoms with van der Waals surface area (Å²) in [4.78, 5) is 18.5. The molecule has 216 valence electrons. The van der Waals surface area contributed by atoms with Crippen LogP contribution in [0.4, 0.5) is 8.78 Å². The van der Waals surface area contributed by atoms with Gasteiger partial charge in [-0.1, -0.05) is 13.8 Å². The average Bonchev–Trinajstić information content (AvgIpc) is 3.47. The molecule has 9 heteroatoms. The molecule has 1 aliphatic carbocycles. The highest BCUT2D eigenvalue weighted by atomic mass is 32.1. The minimum atomic E-state index is -2.62. The van der Waals surface area contributed by atoms with E-state index in [0.717, 1.165) is 37.5 Å². The van der Waals surface area contributed by atoms with Gasteiger partial charge in [-0.15, -0.1) is 21.5 Å². The Labute approximate surface area is 235 Å². The molecule has 2 aromatic rings. The van der Waals surface area contributed by atoms with Gasteiger partial charge in [-0.05, 0) is 83.8 Å². The van der Waals surface area contributed by atoms with Gasteiger partial charge in [0.15, 0.2) is 0 Å². The average molecular weight is 562 g/mol. The summed E-state index contributed by atoms with van der Waals surface area (Å²) >= 11 is 1.78. The number of thiophene rings is 1. The molecule has 4 heterocycles. The normalized spacial score (nSPS) is 26.3. The SMILES string of the molecule is Cc1sc([C@H](CCN2[C@@H]3CC[C@H]2C[C@H](n2c(C)nnc2C(C)C)C3)NC(=O)C2CCC(F)(F)CC2)c(C)c1C. The topological polar surface area (TPSA) is 63.1 Å². The van der Waals surface area contributed by atoms with Crippen LogP contribution in [-0.2, 0) is 4.79 Å². The lowest BCUT2D eigenvalue weighted by molar-refractivity contribution is -0.130. The monoisotopic (exact) mass is 561 g/mol. The third kappa shape index (κ3) is 5.81. The lowest BCUT2D eigenvalue weighted by atomic mass is 9.86. The molecule has 0 radical (unpaired) electrons. The molecular weight excluding hydrogens is 516 g/mol. The first-order valence-electron chi connectivity index (χ1n) is 14.9. The quantitative estimate of drug-likeness (QED) is 0.379. The molecule has 1 saturated carbocycles. The number of piperidine rings is 1. The first kappa shape index (κ1) is 28.7. The molecule has 1 N–H and O–H groups in total. The number of nitrogens with zero attached hydrogens (tertiary/aromatic N) is 4. The summed E-state index contributed by atoms with van der Waals surface area (Å²) in [6.07, 6.45) is 5.65. The van der Waals surface area contributed by atoms with Gasteiger partial charge in [0, 0.05) is 59.1 Å². The summed E-state index contributed by atoms with van der Waals surface area (Å²) in [7, 11) is 0. The minimum Gasteiger partial charge on any atom is -0.348 e. The van der Waals surface area contributed by atoms with Crippen molar-refractivity contribution < 1.29 is 13.6 Å². The van der Waals surface area contributed by atoms with Crippen molar-refractivity contribution in [1.82, 2.24) is 25.0 Å². The van der Waals surface area contributed by atoms with Gasteiger partial charge in [-0.3, -0.25) is 9.69 Å². The number of halogens is 2. The predicted octanol–water partition coefficient (Wildman–Crippen LogP) is 6.94. The van der Waals surface area contributed by atoms with Crippen LogP contribution in [0.1, 0.15) is 122 Å². The Bertz CT molecular complexity index is 1170. The molecule has 2 bridgehead atoms. The lowest BCUT2D eigenvalue weighted by Crippen LogP contribution is -2.45. The summed E-state index contributed by atoms with van der Waals surface area (Å²) in [5, 5.41) is 12.2. The highest BCUT2D eigenvalue weighted by Gasteiger charge is 2.43. The Kier molecular flexibility index (Phi) is 8.22. The zero-order valence-electron chi connectivity index (χ0n) is 24.4. The highest BCUT2D eigenvalue weighted by Crippen LogP contribution is 2.43. The fourth-order valence-corrected chi connectivity index (χ4v) is 8.55. The number of nitrogens with one attached hydrogen (secondary N) is 1. The Balaban J connectivity index is 1.28. The van der Waals surface area contributed by atoms with Crippen LogP contribution in [0.5, 0.6) is 0 Å². The number of hydrogen-bond acceptors (Lipinski definition) is 5. The largest absolute Gasteiger partial charge is 0.348 e. The number of aryl methyl sites for hydroxylation is 2. The van der Waals surface area contributed by atoms with Crippen molar-refractivity contribution in [3.8, 4) is 0 Å². The van der Waals surface area contributed by atoms with E-state index in [-0.39, 0.29) is 43.6 Å². The second-order valence-corrected chi connectivity index (χ2v) is 13.9. The van der Waals surface area contributed by atoms with Crippen molar-refractivity contribution in [2.45, 2.75) is 135 Å². The predicted molar refractivity (Wildman–Crippen MR) is 152 cm³/mol. The molecule has 0 aromatic carbocycles. The summed E-state index contributed by atoms with van der Waals surface area (Å²) in [6.45, 7) is 13.8. The summed E-state index contributed by atoms with van der Waals surface area (Å²) in [5.74, 6) is -0.538. The second kappa shape index (κ2) is 11.2. The van der Waals surface area contributed by atoms with Gasteiger partial charge in [0.1, 0.15) is 11.6 Å². The first-order chi connectivity index (χ1) is 18.4. The maximum atomic E-state index is 13.7. The molecule has 5 rings (SSSR count). The van der Waals surface area contributed by atoms with E-state index >= 15 is 0 Å². The van der Waals surface area contributed by atoms with Gasteiger partial charge < -0.3 is 9.88 Å². The zero-order chi connectivity index (χ0) is 28.1. The maximum Gasteiger partial charge on any atom is 0.248 e. The van der Waals surface area contributed by atoms with Crippen LogP contribution < -0.4 is 5.32 Å². The van der Waals surface area contributed by atoms with Crippen molar-refractivity contribution in [3.05, 3.63) is 32.5 Å². The highest BCUT2D eigenvalue weighted by molar-refractivity contribution is 7.12. The molecular formula is C30H45F2N5OS. The van der Waals surface area contributed by atoms with E-state index in [1.807, 2.05) is 0 Å². The fourth-order valence-electron chi connectivity index (χ4n) is 7.29. The van der Waals surface area contributed by atoms with Crippen LogP contribution in [0.25, 0.3) is 0 Å². The third-order valence-electron chi connectivity index (χ3n) is 9.75. The molecule has 4 atom stereocenters. The van der Waals surface area contributed by atoms with Gasteiger partial charge in [0.2, 0.25) is 11.8 Å². The van der Waals surface area contributed by atoms with E-state index in [1.54, 1.807) is 11.3 Å². The minimum absolute atomic E-state index is 0.0513. The van der Waals surface area contributed by atoms with Crippen molar-refractivity contribution in [3.63, 3.8) is 0 Å². The number of aromatic nitrogens is 3. The Morgan fingerprint density at radius 1 is 1.00 bits per heavy atom. The summed E-state index contributed by atoms with van der Waals surface area (Å²) in [5.41, 5.74) is 2.54. The van der Waals surface area contributed by atoms with Crippen LogP contribution >= 0.6 is 11.3 Å². The number of alkyl halides is 2. The molecule has 1 amide bonds. The number of fused-ring (bicyclic) bond motifs is 2. The molecule has 6 nitrogen and oxygen atoms in total. The molecule has 3 fully saturated rings. The Morgan fingerprint density at radius 2 is 1.64 bits per heavy atom. The van der Waals surface area contributed by atoms with Gasteiger partial charge >= 0.3 is 0 Å². The van der Waals surface area contributed by atoms with E-state index in [4.69, 9.17) is 0 Å². The third-order valence-corrected chi connectivity index (χ3v) is 11.2. The van der Waals surface area contributed by atoms with Crippen molar-refractivity contribution in [1.29, 1.82) is 0 Å². The number of hydrogen-bond donors (Lipinski definition) is 1. The Morgan fingerprint density at radius 3 is 2.21 bits per heavy atom. The van der Waals surface area contributed by atoms with Crippen molar-refractivity contribution in [2.24, 2.45) is 5.92 Å². The molecule has 39 heavy (non-hydrogen) atoms. The van der Waals surface area contributed by atoms with Crippen LogP contribution in [0.15, 0.2) is 0 Å². The molecule has 2 saturated heterocycles. The van der Waals surface area contributed by atoms with E-state index in [0.29, 0.717) is 24.0 Å². The number of carbonyl (C=O) groups excluding carboxylic acids is 1. The van der Waals surface area contributed by atoms with Crippen molar-refractivity contribution >= 4 is 17.2 Å². The molecule has 3 aliphatic rings. The molecule has 0 spiro atoms. The maximum absolute atomic E-state index is 13.7. The molecule has 0 unspecified atom stereocenters. The fraction of sp³-hybridized carbons (Fsp3) is 0.767. The molecule has 2 aromatic heterocycles. The van der Waals surface area contributed by atoms with Crippen LogP contribution in [0, 0.1) is 33.6 Å². The molecule has 2 aliphatic heterocycles. The van der Waals surface area contributed by atoms with Crippen LogP contribution in [-0.4, -0.2) is 50.1 Å². The van der Waals surface area contributed by atoms with Crippen LogP contribution in [0.3, 0.4) is 0 Å². The number of carbonyl (C=O) groups is 1. The standard InChI is InChI=1S/C30H45F2N5OS/c1-17(2)28-35-34-21(6)37(28)25-15-23-7-8-24(16-25)36(23)14-11-26(27-19(4)18(3)20(5)39-27)33-29(38)22-9-12-30(31,32)13-10-22/h17,22-26H,7-16H2,1-6H3,(H,33,38)/t23-,24+,25-,26-/m0/s1. The smallest absolute Gasteiger partial charge is 0.248 e. The van der Waals surface area contributed by atoms with E-state index in [2.05, 4.69) is 66.5 Å². The summed E-state index contributed by atoms with van der Waals surface area (Å²) < 4.78 is 29.9. The lowest BCUT2D eigenvalue weighted by Gasteiger charge is -2.40. The summed E-state index contributed by atoms with van der Waals surface area (Å²) in [6, 6.07) is 1.42. The first-order valence-corrected chi connectivity index (χ1v) is 15.7. The number of rotatable bonds is 8. The van der Waals surface area contributed by atoms with E-state index in [9.17, 15) is 13.6 Å². The zero-order valence-corrected chi connectivity index (χ0v) is 25.2. The van der Waals surface area contributed by atoms with E-state index < -0.39 is 5.92 Å². The van der Waals surface area contributed by atoms with Gasteiger partial charge in [0.05, 0.1) is 6.04 Å².